The molecule has 0 saturated heterocycles. The van der Waals surface area contributed by atoms with E-state index in [1.165, 1.54) is 49.3 Å². The van der Waals surface area contributed by atoms with Crippen molar-refractivity contribution < 1.29 is 9.47 Å². The van der Waals surface area contributed by atoms with Gasteiger partial charge in [-0.15, -0.1) is 0 Å². The third kappa shape index (κ3) is 5.24. The number of unbranched alkanes of at least 4 members (excludes halogenated alkanes) is 6. The number of aliphatic imine (C=N–C) groups is 1. The molecule has 0 spiro atoms. The van der Waals surface area contributed by atoms with Gasteiger partial charge in [-0.3, -0.25) is 0 Å². The first kappa shape index (κ1) is 22.2. The molecular formula is C28H34N2O2. The fourth-order valence-electron chi connectivity index (χ4n) is 4.22. The standard InChI is InChI=1S/C28H34N2O2/c1-3-5-6-7-8-9-10-19-32-25-18-17-22(20-26(25)31-4-2)28-29-23-15-11-13-21-14-12-16-24(30-28)27(21)23/h11-18,20H,3-10,19H2,1-2H3,(H,29,30). The Hall–Kier alpha value is -3.01. The summed E-state index contributed by atoms with van der Waals surface area (Å²) in [6.07, 6.45) is 8.92. The van der Waals surface area contributed by atoms with Gasteiger partial charge in [-0.25, -0.2) is 4.99 Å². The minimum absolute atomic E-state index is 0.597. The zero-order valence-electron chi connectivity index (χ0n) is 19.3. The van der Waals surface area contributed by atoms with Crippen LogP contribution in [-0.2, 0) is 0 Å². The third-order valence-corrected chi connectivity index (χ3v) is 5.89. The van der Waals surface area contributed by atoms with E-state index in [2.05, 4.69) is 54.7 Å². The quantitative estimate of drug-likeness (QED) is 0.297. The molecule has 0 unspecified atom stereocenters. The highest BCUT2D eigenvalue weighted by Crippen LogP contribution is 2.37. The lowest BCUT2D eigenvalue weighted by Crippen LogP contribution is -2.16. The summed E-state index contributed by atoms with van der Waals surface area (Å²) in [7, 11) is 0. The second kappa shape index (κ2) is 11.0. The first-order valence-electron chi connectivity index (χ1n) is 12.1. The number of nitrogens with one attached hydrogen (secondary N) is 1. The van der Waals surface area contributed by atoms with Gasteiger partial charge in [-0.05, 0) is 49.1 Å². The molecule has 4 rings (SSSR count). The number of amidine groups is 1. The average molecular weight is 431 g/mol. The lowest BCUT2D eigenvalue weighted by molar-refractivity contribution is 0.270. The Morgan fingerprint density at radius 2 is 1.56 bits per heavy atom. The van der Waals surface area contributed by atoms with Gasteiger partial charge in [0.05, 0.1) is 18.9 Å². The maximum atomic E-state index is 6.08. The maximum absolute atomic E-state index is 6.08. The summed E-state index contributed by atoms with van der Waals surface area (Å²) in [5.41, 5.74) is 3.06. The molecule has 0 bridgehead atoms. The highest BCUT2D eigenvalue weighted by molar-refractivity contribution is 6.19. The van der Waals surface area contributed by atoms with Gasteiger partial charge in [0.25, 0.3) is 0 Å². The smallest absolute Gasteiger partial charge is 0.161 e. The summed E-state index contributed by atoms with van der Waals surface area (Å²) in [5, 5.41) is 5.86. The Bertz CT molecular complexity index is 1070. The number of benzene rings is 3. The zero-order chi connectivity index (χ0) is 22.2. The maximum Gasteiger partial charge on any atom is 0.161 e. The predicted octanol–water partition coefficient (Wildman–Crippen LogP) is 7.87. The van der Waals surface area contributed by atoms with Gasteiger partial charge in [-0.1, -0.05) is 69.7 Å². The van der Waals surface area contributed by atoms with Crippen molar-refractivity contribution in [3.8, 4) is 11.5 Å². The summed E-state index contributed by atoms with van der Waals surface area (Å²) >= 11 is 0. The summed E-state index contributed by atoms with van der Waals surface area (Å²) in [6, 6.07) is 18.6. The molecule has 0 fully saturated rings. The van der Waals surface area contributed by atoms with E-state index < -0.39 is 0 Å². The average Bonchev–Trinajstić information content (AvgIpc) is 2.82. The fraction of sp³-hybridized carbons (Fsp3) is 0.393. The number of hydrogen-bond donors (Lipinski definition) is 1. The molecule has 0 aromatic heterocycles. The second-order valence-corrected chi connectivity index (χ2v) is 8.33. The molecule has 32 heavy (non-hydrogen) atoms. The Morgan fingerprint density at radius 1 is 0.781 bits per heavy atom. The Morgan fingerprint density at radius 3 is 2.38 bits per heavy atom. The van der Waals surface area contributed by atoms with E-state index in [9.17, 15) is 0 Å². The molecule has 1 aliphatic rings. The van der Waals surface area contributed by atoms with Crippen molar-refractivity contribution >= 4 is 28.0 Å². The fourth-order valence-corrected chi connectivity index (χ4v) is 4.22. The molecule has 0 aliphatic carbocycles. The van der Waals surface area contributed by atoms with Crippen LogP contribution in [0.3, 0.4) is 0 Å². The van der Waals surface area contributed by atoms with E-state index in [0.717, 1.165) is 47.3 Å². The van der Waals surface area contributed by atoms with Gasteiger partial charge in [-0.2, -0.15) is 0 Å². The van der Waals surface area contributed by atoms with Crippen molar-refractivity contribution in [1.82, 2.24) is 0 Å². The van der Waals surface area contributed by atoms with E-state index >= 15 is 0 Å². The van der Waals surface area contributed by atoms with Crippen LogP contribution in [0.25, 0.3) is 10.8 Å². The van der Waals surface area contributed by atoms with Crippen LogP contribution in [0.2, 0.25) is 0 Å². The molecule has 168 valence electrons. The van der Waals surface area contributed by atoms with Crippen LogP contribution in [0.1, 0.15) is 64.4 Å². The van der Waals surface area contributed by atoms with Crippen LogP contribution in [-0.4, -0.2) is 19.0 Å². The second-order valence-electron chi connectivity index (χ2n) is 8.33. The lowest BCUT2D eigenvalue weighted by Gasteiger charge is -2.20. The molecule has 4 heteroatoms. The summed E-state index contributed by atoms with van der Waals surface area (Å²) in [5.74, 6) is 2.41. The van der Waals surface area contributed by atoms with E-state index in [1.807, 2.05) is 19.1 Å². The van der Waals surface area contributed by atoms with E-state index in [4.69, 9.17) is 14.5 Å². The van der Waals surface area contributed by atoms with Crippen molar-refractivity contribution in [3.05, 3.63) is 60.2 Å². The van der Waals surface area contributed by atoms with Crippen molar-refractivity contribution in [3.63, 3.8) is 0 Å². The molecule has 0 saturated carbocycles. The van der Waals surface area contributed by atoms with Crippen molar-refractivity contribution in [2.45, 2.75) is 58.8 Å². The normalized spacial score (nSPS) is 12.4. The molecule has 0 atom stereocenters. The predicted molar refractivity (Wildman–Crippen MR) is 135 cm³/mol. The summed E-state index contributed by atoms with van der Waals surface area (Å²) in [4.78, 5) is 4.89. The third-order valence-electron chi connectivity index (χ3n) is 5.89. The van der Waals surface area contributed by atoms with Crippen LogP contribution < -0.4 is 14.8 Å². The lowest BCUT2D eigenvalue weighted by atomic mass is 10.0. The van der Waals surface area contributed by atoms with Crippen LogP contribution in [0, 0.1) is 0 Å². The Labute approximate surface area is 191 Å². The summed E-state index contributed by atoms with van der Waals surface area (Å²) in [6.45, 7) is 5.58. The van der Waals surface area contributed by atoms with Crippen LogP contribution in [0.5, 0.6) is 11.5 Å². The SMILES string of the molecule is CCCCCCCCCOc1ccc(C2=Nc3cccc4cccc(c34)N2)cc1OCC. The first-order chi connectivity index (χ1) is 15.8. The van der Waals surface area contributed by atoms with Crippen LogP contribution in [0.15, 0.2) is 59.6 Å². The molecule has 4 nitrogen and oxygen atoms in total. The number of hydrogen-bond acceptors (Lipinski definition) is 4. The van der Waals surface area contributed by atoms with Crippen molar-refractivity contribution in [1.29, 1.82) is 0 Å². The van der Waals surface area contributed by atoms with Gasteiger partial charge in [0.2, 0.25) is 0 Å². The Kier molecular flexibility index (Phi) is 7.65. The van der Waals surface area contributed by atoms with Gasteiger partial charge in [0.15, 0.2) is 11.5 Å². The minimum atomic E-state index is 0.597. The molecular weight excluding hydrogens is 396 g/mol. The molecule has 1 heterocycles. The molecule has 3 aromatic carbocycles. The van der Waals surface area contributed by atoms with Gasteiger partial charge in [0, 0.05) is 16.6 Å². The molecule has 0 amide bonds. The van der Waals surface area contributed by atoms with Gasteiger partial charge in [0.1, 0.15) is 5.84 Å². The Balaban J connectivity index is 1.44. The largest absolute Gasteiger partial charge is 0.490 e. The van der Waals surface area contributed by atoms with Gasteiger partial charge >= 0.3 is 0 Å². The monoisotopic (exact) mass is 430 g/mol. The highest BCUT2D eigenvalue weighted by Gasteiger charge is 2.17. The van der Waals surface area contributed by atoms with Gasteiger partial charge < -0.3 is 14.8 Å². The van der Waals surface area contributed by atoms with Crippen LogP contribution >= 0.6 is 0 Å². The van der Waals surface area contributed by atoms with Crippen molar-refractivity contribution in [2.75, 3.05) is 18.5 Å². The van der Waals surface area contributed by atoms with E-state index in [0.29, 0.717) is 6.61 Å². The number of nitrogens with zero attached hydrogens (tertiary/aromatic N) is 1. The zero-order valence-corrected chi connectivity index (χ0v) is 19.3. The van der Waals surface area contributed by atoms with E-state index in [-0.39, 0.29) is 0 Å². The summed E-state index contributed by atoms with van der Waals surface area (Å²) < 4.78 is 12.0. The molecule has 3 aromatic rings. The number of rotatable bonds is 12. The molecule has 1 aliphatic heterocycles. The van der Waals surface area contributed by atoms with Crippen LogP contribution in [0.4, 0.5) is 11.4 Å². The minimum Gasteiger partial charge on any atom is -0.490 e. The van der Waals surface area contributed by atoms with Crippen molar-refractivity contribution in [2.24, 2.45) is 4.99 Å². The topological polar surface area (TPSA) is 42.8 Å². The number of ether oxygens (including phenoxy) is 2. The first-order valence-corrected chi connectivity index (χ1v) is 12.1. The van der Waals surface area contributed by atoms with E-state index in [1.54, 1.807) is 0 Å². The number of anilines is 1. The molecule has 0 radical (unpaired) electrons. The molecule has 1 N–H and O–H groups in total. The highest BCUT2D eigenvalue weighted by atomic mass is 16.5.